The largest absolute Gasteiger partial charge is 0.367 e. The highest BCUT2D eigenvalue weighted by Gasteiger charge is 2.27. The van der Waals surface area contributed by atoms with Gasteiger partial charge in [-0.3, -0.25) is 4.90 Å². The lowest BCUT2D eigenvalue weighted by molar-refractivity contribution is -0.206. The van der Waals surface area contributed by atoms with Gasteiger partial charge in [-0.05, 0) is 20.8 Å². The van der Waals surface area contributed by atoms with Crippen LogP contribution in [-0.4, -0.2) is 48.7 Å². The van der Waals surface area contributed by atoms with Crippen molar-refractivity contribution in [3.63, 3.8) is 0 Å². The zero-order chi connectivity index (χ0) is 12.9. The van der Waals surface area contributed by atoms with Crippen molar-refractivity contribution in [1.82, 2.24) is 9.96 Å². The van der Waals surface area contributed by atoms with Crippen molar-refractivity contribution in [2.45, 2.75) is 27.2 Å². The number of hydroxylamine groups is 2. The lowest BCUT2D eigenvalue weighted by atomic mass is 9.98. The highest BCUT2D eigenvalue weighted by atomic mass is 16.7. The Morgan fingerprint density at radius 3 is 2.35 bits per heavy atom. The Bertz CT molecular complexity index is 294. The van der Waals surface area contributed by atoms with Crippen LogP contribution in [0.15, 0.2) is 0 Å². The predicted octanol–water partition coefficient (Wildman–Crippen LogP) is 1.13. The number of terminal acetylenes is 1. The topological polar surface area (TPSA) is 32.8 Å². The summed E-state index contributed by atoms with van der Waals surface area (Å²) in [7, 11) is 0. The molecular formula is C13H22N2O2. The zero-order valence-corrected chi connectivity index (χ0v) is 11.0. The van der Waals surface area contributed by atoms with E-state index in [-0.39, 0.29) is 5.97 Å². The van der Waals surface area contributed by atoms with E-state index in [0.717, 1.165) is 39.1 Å². The van der Waals surface area contributed by atoms with Crippen molar-refractivity contribution in [2.24, 2.45) is 5.41 Å². The lowest BCUT2D eigenvalue weighted by Gasteiger charge is -2.34. The summed E-state index contributed by atoms with van der Waals surface area (Å²) >= 11 is 0. The molecule has 1 saturated heterocycles. The van der Waals surface area contributed by atoms with Gasteiger partial charge >= 0.3 is 5.97 Å². The monoisotopic (exact) mass is 238 g/mol. The van der Waals surface area contributed by atoms with Crippen LogP contribution in [0, 0.1) is 17.8 Å². The van der Waals surface area contributed by atoms with Crippen LogP contribution < -0.4 is 0 Å². The SMILES string of the molecule is C#CCCN1CCN(OC(=O)C(C)(C)C)CC1. The Morgan fingerprint density at radius 1 is 1.29 bits per heavy atom. The quantitative estimate of drug-likeness (QED) is 0.690. The highest BCUT2D eigenvalue weighted by molar-refractivity contribution is 5.75. The molecule has 0 atom stereocenters. The van der Waals surface area contributed by atoms with Crippen LogP contribution in [0.1, 0.15) is 27.2 Å². The maximum Gasteiger partial charge on any atom is 0.330 e. The third-order valence-corrected chi connectivity index (χ3v) is 2.73. The molecule has 1 fully saturated rings. The summed E-state index contributed by atoms with van der Waals surface area (Å²) in [4.78, 5) is 19.3. The molecule has 0 bridgehead atoms. The molecule has 17 heavy (non-hydrogen) atoms. The van der Waals surface area contributed by atoms with E-state index in [1.807, 2.05) is 20.8 Å². The fourth-order valence-corrected chi connectivity index (χ4v) is 1.52. The molecule has 0 amide bonds. The van der Waals surface area contributed by atoms with Gasteiger partial charge in [0.15, 0.2) is 0 Å². The molecule has 96 valence electrons. The van der Waals surface area contributed by atoms with Gasteiger partial charge in [0.25, 0.3) is 0 Å². The van der Waals surface area contributed by atoms with Gasteiger partial charge in [0.05, 0.1) is 5.41 Å². The molecule has 0 saturated carbocycles. The molecule has 1 aliphatic rings. The van der Waals surface area contributed by atoms with Crippen molar-refractivity contribution in [1.29, 1.82) is 0 Å². The van der Waals surface area contributed by atoms with Gasteiger partial charge in [-0.2, -0.15) is 0 Å². The summed E-state index contributed by atoms with van der Waals surface area (Å²) in [5, 5.41) is 1.75. The van der Waals surface area contributed by atoms with Crippen molar-refractivity contribution < 1.29 is 9.63 Å². The predicted molar refractivity (Wildman–Crippen MR) is 67.0 cm³/mol. The first-order chi connectivity index (χ1) is 7.93. The minimum absolute atomic E-state index is 0.172. The molecule has 1 aliphatic heterocycles. The van der Waals surface area contributed by atoms with Crippen LogP contribution in [0.3, 0.4) is 0 Å². The smallest absolute Gasteiger partial charge is 0.330 e. The van der Waals surface area contributed by atoms with Gasteiger partial charge in [-0.1, -0.05) is 0 Å². The third kappa shape index (κ3) is 4.76. The summed E-state index contributed by atoms with van der Waals surface area (Å²) in [6.45, 7) is 9.82. The van der Waals surface area contributed by atoms with Gasteiger partial charge in [0.1, 0.15) is 0 Å². The Balaban J connectivity index is 2.28. The first kappa shape index (κ1) is 14.0. The van der Waals surface area contributed by atoms with E-state index in [1.165, 1.54) is 0 Å². The van der Waals surface area contributed by atoms with Gasteiger partial charge in [0.2, 0.25) is 0 Å². The van der Waals surface area contributed by atoms with E-state index < -0.39 is 5.41 Å². The van der Waals surface area contributed by atoms with Crippen molar-refractivity contribution in [3.8, 4) is 12.3 Å². The average molecular weight is 238 g/mol. The second-order valence-corrected chi connectivity index (χ2v) is 5.35. The molecule has 0 aliphatic carbocycles. The lowest BCUT2D eigenvalue weighted by Crippen LogP contribution is -2.48. The summed E-state index contributed by atoms with van der Waals surface area (Å²) in [5.41, 5.74) is -0.444. The standard InChI is InChI=1S/C13H22N2O2/c1-5-6-7-14-8-10-15(11-9-14)17-12(16)13(2,3)4/h1H,6-11H2,2-4H3. The first-order valence-corrected chi connectivity index (χ1v) is 6.06. The van der Waals surface area contributed by atoms with Crippen LogP contribution in [0.25, 0.3) is 0 Å². The Kier molecular flexibility index (Phi) is 4.98. The van der Waals surface area contributed by atoms with Crippen molar-refractivity contribution in [3.05, 3.63) is 0 Å². The Labute approximate surface area is 104 Å². The Hall–Kier alpha value is -1.05. The summed E-state index contributed by atoms with van der Waals surface area (Å²) in [6.07, 6.45) is 6.01. The summed E-state index contributed by atoms with van der Waals surface area (Å²) < 4.78 is 0. The van der Waals surface area contributed by atoms with Crippen LogP contribution in [0.4, 0.5) is 0 Å². The molecule has 0 unspecified atom stereocenters. The fraction of sp³-hybridized carbons (Fsp3) is 0.769. The molecule has 1 heterocycles. The van der Waals surface area contributed by atoms with Gasteiger partial charge in [0, 0.05) is 39.1 Å². The summed E-state index contributed by atoms with van der Waals surface area (Å²) in [6, 6.07) is 0. The minimum Gasteiger partial charge on any atom is -0.367 e. The number of carbonyl (C=O) groups is 1. The van der Waals surface area contributed by atoms with Crippen LogP contribution >= 0.6 is 0 Å². The molecule has 0 N–H and O–H groups in total. The normalized spacial score (nSPS) is 18.7. The number of hydrogen-bond acceptors (Lipinski definition) is 4. The van der Waals surface area contributed by atoms with Gasteiger partial charge in [-0.15, -0.1) is 17.4 Å². The number of rotatable bonds is 3. The van der Waals surface area contributed by atoms with Crippen molar-refractivity contribution >= 4 is 5.97 Å². The van der Waals surface area contributed by atoms with Crippen LogP contribution in [0.2, 0.25) is 0 Å². The van der Waals surface area contributed by atoms with Crippen LogP contribution in [-0.2, 0) is 9.63 Å². The molecule has 0 aromatic rings. The Morgan fingerprint density at radius 2 is 1.88 bits per heavy atom. The fourth-order valence-electron chi connectivity index (χ4n) is 1.52. The molecule has 0 spiro atoms. The molecule has 0 aromatic carbocycles. The number of carbonyl (C=O) groups excluding carboxylic acids is 1. The van der Waals surface area contributed by atoms with Crippen LogP contribution in [0.5, 0.6) is 0 Å². The highest BCUT2D eigenvalue weighted by Crippen LogP contribution is 2.16. The molecule has 0 aromatic heterocycles. The van der Waals surface area contributed by atoms with E-state index in [0.29, 0.717) is 0 Å². The number of piperazine rings is 1. The maximum absolute atomic E-state index is 11.7. The molecule has 1 rings (SSSR count). The molecule has 0 radical (unpaired) electrons. The van der Waals surface area contributed by atoms with E-state index in [2.05, 4.69) is 10.8 Å². The zero-order valence-electron chi connectivity index (χ0n) is 11.0. The maximum atomic E-state index is 11.7. The minimum atomic E-state index is -0.444. The number of hydrogen-bond donors (Lipinski definition) is 0. The van der Waals surface area contributed by atoms with Crippen molar-refractivity contribution in [2.75, 3.05) is 32.7 Å². The van der Waals surface area contributed by atoms with E-state index in [9.17, 15) is 4.79 Å². The molecular weight excluding hydrogens is 216 g/mol. The molecule has 4 heteroatoms. The van der Waals surface area contributed by atoms with E-state index in [1.54, 1.807) is 5.06 Å². The first-order valence-electron chi connectivity index (χ1n) is 6.06. The van der Waals surface area contributed by atoms with E-state index in [4.69, 9.17) is 11.3 Å². The molecule has 4 nitrogen and oxygen atoms in total. The average Bonchev–Trinajstić information content (AvgIpc) is 2.27. The second kappa shape index (κ2) is 6.04. The summed E-state index contributed by atoms with van der Waals surface area (Å²) in [5.74, 6) is 2.47. The van der Waals surface area contributed by atoms with Gasteiger partial charge < -0.3 is 4.84 Å². The second-order valence-electron chi connectivity index (χ2n) is 5.35. The third-order valence-electron chi connectivity index (χ3n) is 2.73. The van der Waals surface area contributed by atoms with Gasteiger partial charge in [-0.25, -0.2) is 4.79 Å². The number of nitrogens with zero attached hydrogens (tertiary/aromatic N) is 2. The van der Waals surface area contributed by atoms with E-state index >= 15 is 0 Å².